The van der Waals surface area contributed by atoms with Crippen molar-refractivity contribution in [2.24, 2.45) is 5.73 Å². The van der Waals surface area contributed by atoms with E-state index in [4.69, 9.17) is 11.1 Å². The Hall–Kier alpha value is -3.02. The predicted molar refractivity (Wildman–Crippen MR) is 80.3 cm³/mol. The van der Waals surface area contributed by atoms with Crippen molar-refractivity contribution in [2.45, 2.75) is 6.92 Å². The van der Waals surface area contributed by atoms with Crippen molar-refractivity contribution in [1.29, 1.82) is 5.41 Å². The van der Waals surface area contributed by atoms with Crippen LogP contribution in [0, 0.1) is 12.3 Å². The zero-order valence-electron chi connectivity index (χ0n) is 11.5. The molecule has 0 aliphatic rings. The molecule has 0 aliphatic carbocycles. The number of rotatable bonds is 3. The highest BCUT2D eigenvalue weighted by Gasteiger charge is 2.12. The highest BCUT2D eigenvalue weighted by molar-refractivity contribution is 5.98. The number of tetrazole rings is 1. The lowest BCUT2D eigenvalue weighted by atomic mass is 10.1. The van der Waals surface area contributed by atoms with Gasteiger partial charge in [0.2, 0.25) is 5.82 Å². The van der Waals surface area contributed by atoms with Crippen molar-refractivity contribution in [3.63, 3.8) is 0 Å². The van der Waals surface area contributed by atoms with Crippen LogP contribution in [0.1, 0.15) is 11.1 Å². The Morgan fingerprint density at radius 1 is 1.14 bits per heavy atom. The number of aryl methyl sites for hydroxylation is 1. The molecule has 0 amide bonds. The first kappa shape index (κ1) is 13.0. The zero-order chi connectivity index (χ0) is 14.8. The second kappa shape index (κ2) is 5.16. The Morgan fingerprint density at radius 2 is 1.90 bits per heavy atom. The fraction of sp³-hybridized carbons (Fsp3) is 0.0667. The van der Waals surface area contributed by atoms with Gasteiger partial charge in [-0.3, -0.25) is 5.41 Å². The van der Waals surface area contributed by atoms with Crippen LogP contribution >= 0.6 is 0 Å². The fourth-order valence-electron chi connectivity index (χ4n) is 2.06. The first-order valence-corrected chi connectivity index (χ1v) is 6.46. The summed E-state index contributed by atoms with van der Waals surface area (Å²) in [5, 5.41) is 20.2. The molecule has 0 radical (unpaired) electrons. The molecule has 0 saturated heterocycles. The third kappa shape index (κ3) is 2.51. The van der Waals surface area contributed by atoms with Gasteiger partial charge < -0.3 is 5.73 Å². The van der Waals surface area contributed by atoms with Crippen LogP contribution in [0.25, 0.3) is 17.1 Å². The maximum atomic E-state index is 7.68. The number of nitrogens with one attached hydrogen (secondary N) is 1. The number of benzene rings is 2. The Morgan fingerprint density at radius 3 is 2.62 bits per heavy atom. The number of nitrogen functional groups attached to an aromatic ring is 1. The van der Waals surface area contributed by atoms with Crippen molar-refractivity contribution in [3.05, 3.63) is 59.7 Å². The van der Waals surface area contributed by atoms with Crippen molar-refractivity contribution in [3.8, 4) is 17.1 Å². The van der Waals surface area contributed by atoms with Crippen molar-refractivity contribution in [1.82, 2.24) is 20.2 Å². The Kier molecular flexibility index (Phi) is 3.19. The summed E-state index contributed by atoms with van der Waals surface area (Å²) in [5.74, 6) is 0.512. The Balaban J connectivity index is 2.07. The minimum absolute atomic E-state index is 0.0211. The van der Waals surface area contributed by atoms with Gasteiger partial charge in [-0.25, -0.2) is 0 Å². The smallest absolute Gasteiger partial charge is 0.205 e. The van der Waals surface area contributed by atoms with Gasteiger partial charge in [0.05, 0.1) is 5.69 Å². The van der Waals surface area contributed by atoms with E-state index in [1.165, 1.54) is 4.80 Å². The van der Waals surface area contributed by atoms with E-state index >= 15 is 0 Å². The van der Waals surface area contributed by atoms with Gasteiger partial charge in [-0.1, -0.05) is 42.0 Å². The fourth-order valence-corrected chi connectivity index (χ4v) is 2.06. The number of hydrogen-bond donors (Lipinski definition) is 2. The minimum atomic E-state index is -0.0211. The van der Waals surface area contributed by atoms with Crippen LogP contribution in [0.2, 0.25) is 0 Å². The third-order valence-electron chi connectivity index (χ3n) is 3.10. The topological polar surface area (TPSA) is 93.5 Å². The van der Waals surface area contributed by atoms with Gasteiger partial charge in [0.25, 0.3) is 0 Å². The molecular formula is C15H14N6. The summed E-state index contributed by atoms with van der Waals surface area (Å²) in [7, 11) is 0. The lowest BCUT2D eigenvalue weighted by molar-refractivity contribution is 0.718. The zero-order valence-corrected chi connectivity index (χ0v) is 11.5. The second-order valence-corrected chi connectivity index (χ2v) is 4.70. The van der Waals surface area contributed by atoms with E-state index in [-0.39, 0.29) is 5.84 Å². The monoisotopic (exact) mass is 278 g/mol. The average Bonchev–Trinajstić information content (AvgIpc) is 2.97. The van der Waals surface area contributed by atoms with Crippen LogP contribution in [0.3, 0.4) is 0 Å². The van der Waals surface area contributed by atoms with Crippen LogP contribution in [0.5, 0.6) is 0 Å². The first-order valence-electron chi connectivity index (χ1n) is 6.46. The molecule has 21 heavy (non-hydrogen) atoms. The molecule has 0 aliphatic heterocycles. The molecule has 1 aromatic heterocycles. The molecule has 0 saturated carbocycles. The van der Waals surface area contributed by atoms with Gasteiger partial charge in [0, 0.05) is 11.1 Å². The van der Waals surface area contributed by atoms with Crippen LogP contribution < -0.4 is 5.73 Å². The van der Waals surface area contributed by atoms with Gasteiger partial charge in [-0.2, -0.15) is 0 Å². The largest absolute Gasteiger partial charge is 0.384 e. The highest BCUT2D eigenvalue weighted by Crippen LogP contribution is 2.17. The molecule has 3 N–H and O–H groups in total. The molecule has 2 aromatic carbocycles. The summed E-state index contributed by atoms with van der Waals surface area (Å²) in [6.07, 6.45) is 0. The van der Waals surface area contributed by atoms with Crippen LogP contribution in [-0.2, 0) is 0 Å². The van der Waals surface area contributed by atoms with E-state index in [0.29, 0.717) is 17.1 Å². The molecule has 0 spiro atoms. The van der Waals surface area contributed by atoms with E-state index in [2.05, 4.69) is 15.4 Å². The lowest BCUT2D eigenvalue weighted by Gasteiger charge is -2.07. The average molecular weight is 278 g/mol. The lowest BCUT2D eigenvalue weighted by Crippen LogP contribution is -2.16. The molecule has 0 unspecified atom stereocenters. The summed E-state index contributed by atoms with van der Waals surface area (Å²) in [6.45, 7) is 1.94. The maximum absolute atomic E-state index is 7.68. The van der Waals surface area contributed by atoms with Gasteiger partial charge in [-0.05, 0) is 24.3 Å². The normalized spacial score (nSPS) is 10.5. The number of nitrogens with two attached hydrogens (primary N) is 1. The van der Waals surface area contributed by atoms with Gasteiger partial charge >= 0.3 is 0 Å². The standard InChI is InChI=1S/C15H14N6/c1-10-7-8-13(12(9-10)14(16)17)21-19-15(18-20-21)11-5-3-2-4-6-11/h2-9H,1H3,(H3,16,17). The molecule has 0 fully saturated rings. The van der Waals surface area contributed by atoms with Crippen molar-refractivity contribution in [2.75, 3.05) is 0 Å². The maximum Gasteiger partial charge on any atom is 0.205 e. The highest BCUT2D eigenvalue weighted by atomic mass is 15.6. The molecule has 3 rings (SSSR count). The van der Waals surface area contributed by atoms with E-state index in [0.717, 1.165) is 11.1 Å². The first-order chi connectivity index (χ1) is 10.1. The van der Waals surface area contributed by atoms with Crippen LogP contribution in [0.4, 0.5) is 0 Å². The molecule has 104 valence electrons. The minimum Gasteiger partial charge on any atom is -0.384 e. The summed E-state index contributed by atoms with van der Waals surface area (Å²) in [6, 6.07) is 15.2. The second-order valence-electron chi connectivity index (χ2n) is 4.70. The Bertz CT molecular complexity index is 791. The van der Waals surface area contributed by atoms with Gasteiger partial charge in [-0.15, -0.1) is 15.0 Å². The van der Waals surface area contributed by atoms with E-state index in [9.17, 15) is 0 Å². The summed E-state index contributed by atoms with van der Waals surface area (Å²) in [4.78, 5) is 1.40. The van der Waals surface area contributed by atoms with E-state index in [1.807, 2.05) is 55.5 Å². The van der Waals surface area contributed by atoms with Crippen LogP contribution in [-0.4, -0.2) is 26.0 Å². The quantitative estimate of drug-likeness (QED) is 0.565. The van der Waals surface area contributed by atoms with Crippen LogP contribution in [0.15, 0.2) is 48.5 Å². The van der Waals surface area contributed by atoms with Crippen molar-refractivity contribution >= 4 is 5.84 Å². The molecule has 0 atom stereocenters. The molecule has 6 nitrogen and oxygen atoms in total. The van der Waals surface area contributed by atoms with Gasteiger partial charge in [0.15, 0.2) is 0 Å². The SMILES string of the molecule is Cc1ccc(-n2nnc(-c3ccccc3)n2)c(C(=N)N)c1. The number of nitrogens with zero attached hydrogens (tertiary/aromatic N) is 4. The van der Waals surface area contributed by atoms with Gasteiger partial charge in [0.1, 0.15) is 5.84 Å². The molecule has 6 heteroatoms. The molecule has 0 bridgehead atoms. The summed E-state index contributed by atoms with van der Waals surface area (Å²) in [5.41, 5.74) is 8.77. The summed E-state index contributed by atoms with van der Waals surface area (Å²) >= 11 is 0. The van der Waals surface area contributed by atoms with E-state index in [1.54, 1.807) is 0 Å². The van der Waals surface area contributed by atoms with Crippen molar-refractivity contribution < 1.29 is 0 Å². The summed E-state index contributed by atoms with van der Waals surface area (Å²) < 4.78 is 0. The number of hydrogen-bond acceptors (Lipinski definition) is 4. The number of aromatic nitrogens is 4. The Labute approximate surface area is 121 Å². The number of amidine groups is 1. The molecule has 1 heterocycles. The predicted octanol–water partition coefficient (Wildman–Crippen LogP) is 1.92. The third-order valence-corrected chi connectivity index (χ3v) is 3.10. The van der Waals surface area contributed by atoms with E-state index < -0.39 is 0 Å². The molecule has 3 aromatic rings. The molecular weight excluding hydrogens is 264 g/mol.